The molecule has 0 spiro atoms. The highest BCUT2D eigenvalue weighted by molar-refractivity contribution is 5.82. The quantitative estimate of drug-likeness (QED) is 0.855. The van der Waals surface area contributed by atoms with Crippen molar-refractivity contribution in [3.8, 4) is 0 Å². The zero-order valence-corrected chi connectivity index (χ0v) is 15.0. The highest BCUT2D eigenvalue weighted by atomic mass is 16.5. The number of methoxy groups -OCH3 is 1. The van der Waals surface area contributed by atoms with Gasteiger partial charge >= 0.3 is 0 Å². The summed E-state index contributed by atoms with van der Waals surface area (Å²) < 4.78 is 5.13. The lowest BCUT2D eigenvalue weighted by atomic mass is 10.1. The number of hydrogen-bond acceptors (Lipinski definition) is 5. The van der Waals surface area contributed by atoms with Crippen LogP contribution in [0.5, 0.6) is 0 Å². The molecule has 1 aromatic carbocycles. The van der Waals surface area contributed by atoms with Crippen LogP contribution in [0, 0.1) is 13.8 Å². The number of ether oxygens (including phenoxy) is 1. The van der Waals surface area contributed by atoms with E-state index >= 15 is 0 Å². The first kappa shape index (κ1) is 17.1. The molecule has 0 amide bonds. The predicted octanol–water partition coefficient (Wildman–Crippen LogP) is 2.84. The van der Waals surface area contributed by atoms with Crippen molar-refractivity contribution in [3.63, 3.8) is 0 Å². The summed E-state index contributed by atoms with van der Waals surface area (Å²) >= 11 is 0. The Morgan fingerprint density at radius 3 is 2.92 bits per heavy atom. The van der Waals surface area contributed by atoms with Crippen LogP contribution < -0.4 is 10.2 Å². The number of aromatic nitrogens is 2. The van der Waals surface area contributed by atoms with Gasteiger partial charge in [-0.1, -0.05) is 12.1 Å². The summed E-state index contributed by atoms with van der Waals surface area (Å²) in [5.74, 6) is 0.878. The molecule has 1 aliphatic heterocycles. The van der Waals surface area contributed by atoms with Crippen LogP contribution in [0.15, 0.2) is 18.2 Å². The van der Waals surface area contributed by atoms with Crippen LogP contribution in [-0.4, -0.2) is 49.4 Å². The van der Waals surface area contributed by atoms with E-state index in [-0.39, 0.29) is 0 Å². The number of anilines is 1. The number of fused-ring (bicyclic) bond motifs is 1. The van der Waals surface area contributed by atoms with Crippen molar-refractivity contribution in [2.45, 2.75) is 39.2 Å². The molecular weight excluding hydrogens is 300 g/mol. The lowest BCUT2D eigenvalue weighted by Crippen LogP contribution is -2.33. The molecule has 1 aromatic heterocycles. The second-order valence-corrected chi connectivity index (χ2v) is 6.69. The molecule has 2 heterocycles. The maximum Gasteiger partial charge on any atom is 0.226 e. The van der Waals surface area contributed by atoms with E-state index in [4.69, 9.17) is 14.7 Å². The van der Waals surface area contributed by atoms with Gasteiger partial charge in [0, 0.05) is 38.2 Å². The van der Waals surface area contributed by atoms with Crippen LogP contribution in [0.25, 0.3) is 10.9 Å². The Morgan fingerprint density at radius 2 is 2.08 bits per heavy atom. The Bertz CT molecular complexity index is 688. The highest BCUT2D eigenvalue weighted by Crippen LogP contribution is 2.22. The first-order valence-electron chi connectivity index (χ1n) is 8.89. The molecule has 24 heavy (non-hydrogen) atoms. The van der Waals surface area contributed by atoms with Crippen molar-refractivity contribution in [2.24, 2.45) is 0 Å². The lowest BCUT2D eigenvalue weighted by Gasteiger charge is -2.21. The Labute approximate surface area is 144 Å². The van der Waals surface area contributed by atoms with Gasteiger partial charge in [0.05, 0.1) is 17.8 Å². The number of aryl methyl sites for hydroxylation is 2. The molecule has 1 atom stereocenters. The molecule has 1 fully saturated rings. The molecule has 1 saturated heterocycles. The maximum atomic E-state index is 5.13. The molecule has 1 N–H and O–H groups in total. The van der Waals surface area contributed by atoms with Crippen molar-refractivity contribution < 1.29 is 4.74 Å². The zero-order valence-electron chi connectivity index (χ0n) is 15.0. The van der Waals surface area contributed by atoms with Crippen LogP contribution >= 0.6 is 0 Å². The summed E-state index contributed by atoms with van der Waals surface area (Å²) in [5.41, 5.74) is 3.36. The number of rotatable bonds is 5. The average molecular weight is 328 g/mol. The third-order valence-electron chi connectivity index (χ3n) is 4.78. The van der Waals surface area contributed by atoms with E-state index in [0.29, 0.717) is 6.04 Å². The van der Waals surface area contributed by atoms with Gasteiger partial charge in [-0.3, -0.25) is 0 Å². The molecule has 0 radical (unpaired) electrons. The van der Waals surface area contributed by atoms with E-state index in [2.05, 4.69) is 42.3 Å². The van der Waals surface area contributed by atoms with E-state index in [1.807, 2.05) is 0 Å². The van der Waals surface area contributed by atoms with Gasteiger partial charge in [-0.25, -0.2) is 9.97 Å². The van der Waals surface area contributed by atoms with Gasteiger partial charge < -0.3 is 15.0 Å². The van der Waals surface area contributed by atoms with Gasteiger partial charge in [-0.2, -0.15) is 0 Å². The topological polar surface area (TPSA) is 50.3 Å². The monoisotopic (exact) mass is 328 g/mol. The summed E-state index contributed by atoms with van der Waals surface area (Å²) in [6.07, 6.45) is 3.49. The number of benzene rings is 1. The highest BCUT2D eigenvalue weighted by Gasteiger charge is 2.19. The minimum Gasteiger partial charge on any atom is -0.383 e. The lowest BCUT2D eigenvalue weighted by molar-refractivity contribution is 0.194. The van der Waals surface area contributed by atoms with Gasteiger partial charge in [0.2, 0.25) is 5.95 Å². The van der Waals surface area contributed by atoms with Crippen molar-refractivity contribution in [1.82, 2.24) is 15.3 Å². The summed E-state index contributed by atoms with van der Waals surface area (Å²) in [6, 6.07) is 6.97. The largest absolute Gasteiger partial charge is 0.383 e. The predicted molar refractivity (Wildman–Crippen MR) is 98.7 cm³/mol. The maximum absolute atomic E-state index is 5.13. The van der Waals surface area contributed by atoms with Gasteiger partial charge in [-0.05, 0) is 44.7 Å². The Morgan fingerprint density at radius 1 is 1.21 bits per heavy atom. The molecule has 1 aliphatic rings. The third kappa shape index (κ3) is 4.02. The molecule has 0 saturated carbocycles. The molecule has 0 aliphatic carbocycles. The fourth-order valence-corrected chi connectivity index (χ4v) is 3.39. The van der Waals surface area contributed by atoms with Crippen molar-refractivity contribution in [1.29, 1.82) is 0 Å². The number of nitrogens with zero attached hydrogens (tertiary/aromatic N) is 3. The standard InChI is InChI=1S/C19H28N4O/c1-14-6-7-17-15(2)21-19(22-18(17)13-14)23-10-4-5-16(8-11-23)20-9-12-24-3/h6-7,13,16,20H,4-5,8-12H2,1-3H3/t16-/m0/s1. The number of hydrogen-bond donors (Lipinski definition) is 1. The number of nitrogens with one attached hydrogen (secondary N) is 1. The van der Waals surface area contributed by atoms with Gasteiger partial charge in [0.25, 0.3) is 0 Å². The molecule has 3 rings (SSSR count). The van der Waals surface area contributed by atoms with E-state index in [9.17, 15) is 0 Å². The second-order valence-electron chi connectivity index (χ2n) is 6.69. The zero-order chi connectivity index (χ0) is 16.9. The fraction of sp³-hybridized carbons (Fsp3) is 0.579. The van der Waals surface area contributed by atoms with Crippen LogP contribution in [0.1, 0.15) is 30.5 Å². The molecule has 5 nitrogen and oxygen atoms in total. The van der Waals surface area contributed by atoms with Crippen molar-refractivity contribution in [3.05, 3.63) is 29.5 Å². The Hall–Kier alpha value is -1.72. The molecule has 130 valence electrons. The SMILES string of the molecule is COCCN[C@H]1CCCN(c2nc(C)c3ccc(C)cc3n2)CC1. The molecule has 2 aromatic rings. The van der Waals surface area contributed by atoms with E-state index in [0.717, 1.165) is 55.2 Å². The minimum absolute atomic E-state index is 0.564. The average Bonchev–Trinajstić information content (AvgIpc) is 2.80. The van der Waals surface area contributed by atoms with E-state index < -0.39 is 0 Å². The molecule has 0 unspecified atom stereocenters. The minimum atomic E-state index is 0.564. The smallest absolute Gasteiger partial charge is 0.226 e. The third-order valence-corrected chi connectivity index (χ3v) is 4.78. The van der Waals surface area contributed by atoms with E-state index in [1.165, 1.54) is 18.4 Å². The summed E-state index contributed by atoms with van der Waals surface area (Å²) in [5, 5.41) is 4.74. The molecular formula is C19H28N4O. The first-order chi connectivity index (χ1) is 11.7. The van der Waals surface area contributed by atoms with Gasteiger partial charge in [0.1, 0.15) is 0 Å². The van der Waals surface area contributed by atoms with Gasteiger partial charge in [0.15, 0.2) is 0 Å². The van der Waals surface area contributed by atoms with Crippen LogP contribution in [0.3, 0.4) is 0 Å². The Kier molecular flexibility index (Phi) is 5.63. The van der Waals surface area contributed by atoms with Gasteiger partial charge in [-0.15, -0.1) is 0 Å². The van der Waals surface area contributed by atoms with Crippen molar-refractivity contribution >= 4 is 16.9 Å². The van der Waals surface area contributed by atoms with Crippen molar-refractivity contribution in [2.75, 3.05) is 38.3 Å². The summed E-state index contributed by atoms with van der Waals surface area (Å²) in [4.78, 5) is 11.9. The second kappa shape index (κ2) is 7.90. The van der Waals surface area contributed by atoms with Crippen LogP contribution in [-0.2, 0) is 4.74 Å². The van der Waals surface area contributed by atoms with Crippen LogP contribution in [0.2, 0.25) is 0 Å². The van der Waals surface area contributed by atoms with E-state index in [1.54, 1.807) is 7.11 Å². The van der Waals surface area contributed by atoms with Crippen LogP contribution in [0.4, 0.5) is 5.95 Å². The fourth-order valence-electron chi connectivity index (χ4n) is 3.39. The normalized spacial score (nSPS) is 18.8. The summed E-state index contributed by atoms with van der Waals surface area (Å²) in [7, 11) is 1.75. The molecule has 0 bridgehead atoms. The Balaban J connectivity index is 1.73. The molecule has 5 heteroatoms. The first-order valence-corrected chi connectivity index (χ1v) is 8.89. The summed E-state index contributed by atoms with van der Waals surface area (Å²) in [6.45, 7) is 7.91.